The Morgan fingerprint density at radius 1 is 0.667 bits per heavy atom. The monoisotopic (exact) mass is 436 g/mol. The minimum absolute atomic E-state index is 0.250. The molecule has 1 unspecified atom stereocenters. The molecule has 5 nitrogen and oxygen atoms in total. The predicted octanol–water partition coefficient (Wildman–Crippen LogP) is 6.01. The van der Waals surface area contributed by atoms with Crippen LogP contribution in [0.5, 0.6) is 5.75 Å². The maximum absolute atomic E-state index is 12.6. The van der Waals surface area contributed by atoms with Crippen molar-refractivity contribution in [2.24, 2.45) is 0 Å². The second-order valence-corrected chi connectivity index (χ2v) is 7.54. The van der Waals surface area contributed by atoms with Gasteiger partial charge in [0.15, 0.2) is 6.10 Å². The molecule has 0 aromatic heterocycles. The molecule has 5 heteroatoms. The van der Waals surface area contributed by atoms with Crippen molar-refractivity contribution in [3.63, 3.8) is 0 Å². The van der Waals surface area contributed by atoms with E-state index in [0.29, 0.717) is 22.7 Å². The van der Waals surface area contributed by atoms with Crippen LogP contribution in [-0.2, 0) is 4.79 Å². The summed E-state index contributed by atoms with van der Waals surface area (Å²) in [6.07, 6.45) is -0.714. The minimum Gasteiger partial charge on any atom is -0.481 e. The fourth-order valence-electron chi connectivity index (χ4n) is 3.32. The number of hydrogen-bond acceptors (Lipinski definition) is 3. The van der Waals surface area contributed by atoms with E-state index in [1.165, 1.54) is 0 Å². The topological polar surface area (TPSA) is 67.4 Å². The molecule has 4 aromatic carbocycles. The second-order valence-electron chi connectivity index (χ2n) is 7.54. The van der Waals surface area contributed by atoms with E-state index >= 15 is 0 Å². The molecule has 4 aromatic rings. The molecule has 2 amide bonds. The van der Waals surface area contributed by atoms with Gasteiger partial charge in [-0.2, -0.15) is 0 Å². The minimum atomic E-state index is -0.714. The van der Waals surface area contributed by atoms with Crippen LogP contribution in [0.25, 0.3) is 11.1 Å². The molecule has 0 aliphatic heterocycles. The van der Waals surface area contributed by atoms with Gasteiger partial charge in [0.25, 0.3) is 11.8 Å². The van der Waals surface area contributed by atoms with Gasteiger partial charge in [-0.3, -0.25) is 9.59 Å². The van der Waals surface area contributed by atoms with Crippen LogP contribution in [0.15, 0.2) is 109 Å². The molecule has 0 spiro atoms. The van der Waals surface area contributed by atoms with Gasteiger partial charge in [-0.1, -0.05) is 66.7 Å². The van der Waals surface area contributed by atoms with E-state index in [0.717, 1.165) is 11.1 Å². The normalized spacial score (nSPS) is 11.3. The molecular formula is C28H24N2O3. The van der Waals surface area contributed by atoms with E-state index in [-0.39, 0.29) is 11.8 Å². The fourth-order valence-corrected chi connectivity index (χ4v) is 3.32. The highest BCUT2D eigenvalue weighted by Crippen LogP contribution is 2.23. The van der Waals surface area contributed by atoms with E-state index in [2.05, 4.69) is 10.6 Å². The maximum Gasteiger partial charge on any atom is 0.265 e. The lowest BCUT2D eigenvalue weighted by Crippen LogP contribution is -2.30. The molecule has 2 N–H and O–H groups in total. The van der Waals surface area contributed by atoms with Crippen LogP contribution in [0, 0.1) is 0 Å². The maximum atomic E-state index is 12.6. The summed E-state index contributed by atoms with van der Waals surface area (Å²) in [4.78, 5) is 25.1. The zero-order valence-electron chi connectivity index (χ0n) is 18.2. The lowest BCUT2D eigenvalue weighted by Gasteiger charge is -2.15. The number of anilines is 2. The molecule has 0 saturated heterocycles. The fraction of sp³-hybridized carbons (Fsp3) is 0.0714. The van der Waals surface area contributed by atoms with E-state index in [1.807, 2.05) is 84.9 Å². The molecule has 0 bridgehead atoms. The molecule has 0 aliphatic rings. The first-order chi connectivity index (χ1) is 16.1. The Morgan fingerprint density at radius 3 is 1.97 bits per heavy atom. The summed E-state index contributed by atoms with van der Waals surface area (Å²) in [5.74, 6) is 0.0520. The zero-order valence-corrected chi connectivity index (χ0v) is 18.2. The second kappa shape index (κ2) is 10.3. The zero-order chi connectivity index (χ0) is 23.0. The number of para-hydroxylation sites is 1. The van der Waals surface area contributed by atoms with Gasteiger partial charge < -0.3 is 15.4 Å². The number of hydrogen-bond donors (Lipinski definition) is 2. The Morgan fingerprint density at radius 2 is 1.27 bits per heavy atom. The molecule has 4 rings (SSSR count). The number of benzene rings is 4. The summed E-state index contributed by atoms with van der Waals surface area (Å²) >= 11 is 0. The summed E-state index contributed by atoms with van der Waals surface area (Å²) in [6, 6.07) is 33.7. The molecule has 0 radical (unpaired) electrons. The molecule has 1 atom stereocenters. The van der Waals surface area contributed by atoms with Crippen LogP contribution in [0.1, 0.15) is 17.3 Å². The largest absolute Gasteiger partial charge is 0.481 e. The highest BCUT2D eigenvalue weighted by molar-refractivity contribution is 6.05. The van der Waals surface area contributed by atoms with Crippen LogP contribution >= 0.6 is 0 Å². The van der Waals surface area contributed by atoms with Crippen molar-refractivity contribution >= 4 is 23.2 Å². The number of ether oxygens (including phenoxy) is 1. The van der Waals surface area contributed by atoms with Crippen LogP contribution in [0.3, 0.4) is 0 Å². The number of rotatable bonds is 7. The smallest absolute Gasteiger partial charge is 0.265 e. The Bertz CT molecular complexity index is 1220. The van der Waals surface area contributed by atoms with Crippen LogP contribution in [0.4, 0.5) is 11.4 Å². The molecule has 0 fully saturated rings. The van der Waals surface area contributed by atoms with Gasteiger partial charge in [0, 0.05) is 16.9 Å². The van der Waals surface area contributed by atoms with E-state index in [9.17, 15) is 9.59 Å². The van der Waals surface area contributed by atoms with Crippen molar-refractivity contribution < 1.29 is 14.3 Å². The van der Waals surface area contributed by atoms with Crippen molar-refractivity contribution in [3.05, 3.63) is 115 Å². The first kappa shape index (κ1) is 21.8. The third kappa shape index (κ3) is 5.86. The van der Waals surface area contributed by atoms with Crippen molar-refractivity contribution in [1.29, 1.82) is 0 Å². The van der Waals surface area contributed by atoms with Crippen molar-refractivity contribution in [3.8, 4) is 16.9 Å². The summed E-state index contributed by atoms with van der Waals surface area (Å²) < 4.78 is 5.80. The lowest BCUT2D eigenvalue weighted by atomic mass is 10.1. The third-order valence-corrected chi connectivity index (χ3v) is 5.07. The SMILES string of the molecule is CC(Oc1ccc(-c2ccccc2)cc1)C(=O)Nc1cccc(C(=O)Nc2ccccc2)c1. The number of carbonyl (C=O) groups is 2. The Balaban J connectivity index is 1.36. The van der Waals surface area contributed by atoms with Gasteiger partial charge in [-0.25, -0.2) is 0 Å². The Kier molecular flexibility index (Phi) is 6.81. The van der Waals surface area contributed by atoms with Gasteiger partial charge >= 0.3 is 0 Å². The lowest BCUT2D eigenvalue weighted by molar-refractivity contribution is -0.122. The third-order valence-electron chi connectivity index (χ3n) is 5.07. The number of amides is 2. The van der Waals surface area contributed by atoms with Crippen molar-refractivity contribution in [2.45, 2.75) is 13.0 Å². The molecule has 0 heterocycles. The standard InChI is InChI=1S/C28H24N2O3/c1-20(33-26-17-15-22(16-18-26)21-9-4-2-5-10-21)27(31)30-25-14-8-11-23(19-25)28(32)29-24-12-6-3-7-13-24/h2-20H,1H3,(H,29,32)(H,30,31). The van der Waals surface area contributed by atoms with Crippen LogP contribution in [-0.4, -0.2) is 17.9 Å². The Hall–Kier alpha value is -4.38. The summed E-state index contributed by atoms with van der Waals surface area (Å²) in [7, 11) is 0. The summed E-state index contributed by atoms with van der Waals surface area (Å²) in [6.45, 7) is 1.69. The van der Waals surface area contributed by atoms with Gasteiger partial charge in [0.05, 0.1) is 0 Å². The van der Waals surface area contributed by atoms with Crippen LogP contribution < -0.4 is 15.4 Å². The first-order valence-corrected chi connectivity index (χ1v) is 10.7. The van der Waals surface area contributed by atoms with E-state index in [1.54, 1.807) is 31.2 Å². The van der Waals surface area contributed by atoms with Crippen LogP contribution in [0.2, 0.25) is 0 Å². The number of nitrogens with one attached hydrogen (secondary N) is 2. The average Bonchev–Trinajstić information content (AvgIpc) is 2.86. The number of carbonyl (C=O) groups excluding carboxylic acids is 2. The summed E-state index contributed by atoms with van der Waals surface area (Å²) in [5.41, 5.74) is 3.87. The first-order valence-electron chi connectivity index (χ1n) is 10.7. The highest BCUT2D eigenvalue weighted by Gasteiger charge is 2.16. The van der Waals surface area contributed by atoms with E-state index in [4.69, 9.17) is 4.74 Å². The molecule has 0 aliphatic carbocycles. The average molecular weight is 437 g/mol. The molecule has 33 heavy (non-hydrogen) atoms. The molecule has 164 valence electrons. The molecular weight excluding hydrogens is 412 g/mol. The summed E-state index contributed by atoms with van der Waals surface area (Å²) in [5, 5.41) is 5.65. The van der Waals surface area contributed by atoms with Gasteiger partial charge in [-0.15, -0.1) is 0 Å². The Labute approximate surface area is 193 Å². The van der Waals surface area contributed by atoms with E-state index < -0.39 is 6.10 Å². The molecule has 0 saturated carbocycles. The predicted molar refractivity (Wildman–Crippen MR) is 131 cm³/mol. The highest BCUT2D eigenvalue weighted by atomic mass is 16.5. The van der Waals surface area contributed by atoms with Gasteiger partial charge in [0.2, 0.25) is 0 Å². The van der Waals surface area contributed by atoms with Crippen molar-refractivity contribution in [2.75, 3.05) is 10.6 Å². The van der Waals surface area contributed by atoms with Gasteiger partial charge in [0.1, 0.15) is 5.75 Å². The quantitative estimate of drug-likeness (QED) is 0.373. The van der Waals surface area contributed by atoms with Gasteiger partial charge in [-0.05, 0) is 60.5 Å². The van der Waals surface area contributed by atoms with Crippen molar-refractivity contribution in [1.82, 2.24) is 0 Å².